The highest BCUT2D eigenvalue weighted by molar-refractivity contribution is 5.76. The third kappa shape index (κ3) is 1.70. The Morgan fingerprint density at radius 3 is 2.90 bits per heavy atom. The Bertz CT molecular complexity index is 125. The minimum absolute atomic E-state index is 0.0417. The van der Waals surface area contributed by atoms with Crippen LogP contribution >= 0.6 is 0 Å². The van der Waals surface area contributed by atoms with E-state index in [0.717, 1.165) is 26.0 Å². The summed E-state index contributed by atoms with van der Waals surface area (Å²) in [5, 5.41) is 8.57. The van der Waals surface area contributed by atoms with Crippen molar-refractivity contribution in [2.24, 2.45) is 0 Å². The lowest BCUT2D eigenvalue weighted by atomic mass is 10.2. The van der Waals surface area contributed by atoms with Crippen molar-refractivity contribution in [2.75, 3.05) is 6.54 Å². The van der Waals surface area contributed by atoms with Crippen molar-refractivity contribution in [2.45, 2.75) is 25.7 Å². The molecule has 0 atom stereocenters. The molecular formula is C7H12NO2. The van der Waals surface area contributed by atoms with Crippen LogP contribution in [0.2, 0.25) is 0 Å². The van der Waals surface area contributed by atoms with Crippen LogP contribution in [-0.4, -0.2) is 22.5 Å². The third-order valence-electron chi connectivity index (χ3n) is 1.75. The van der Waals surface area contributed by atoms with Gasteiger partial charge in [0, 0.05) is 13.0 Å². The quantitative estimate of drug-likeness (QED) is 0.590. The number of nitrogens with zero attached hydrogens (tertiary/aromatic N) is 1. The van der Waals surface area contributed by atoms with Crippen LogP contribution in [0.3, 0.4) is 0 Å². The van der Waals surface area contributed by atoms with Gasteiger partial charge < -0.3 is 10.0 Å². The first-order valence-electron chi connectivity index (χ1n) is 3.61. The smallest absolute Gasteiger partial charge is 0.224 e. The van der Waals surface area contributed by atoms with Crippen LogP contribution in [0.5, 0.6) is 0 Å². The van der Waals surface area contributed by atoms with E-state index in [1.165, 1.54) is 4.90 Å². The van der Waals surface area contributed by atoms with E-state index >= 15 is 0 Å². The maximum atomic E-state index is 11.0. The zero-order valence-corrected chi connectivity index (χ0v) is 5.92. The van der Waals surface area contributed by atoms with E-state index in [4.69, 9.17) is 5.11 Å². The van der Waals surface area contributed by atoms with Crippen molar-refractivity contribution in [3.8, 4) is 0 Å². The summed E-state index contributed by atoms with van der Waals surface area (Å²) in [4.78, 5) is 12.4. The van der Waals surface area contributed by atoms with Crippen molar-refractivity contribution >= 4 is 5.91 Å². The number of aliphatic hydroxyl groups excluding tert-OH is 1. The summed E-state index contributed by atoms with van der Waals surface area (Å²) in [5.41, 5.74) is 0. The standard InChI is InChI=1S/C7H12NO2/c9-6-8-5-3-1-2-4-7(8)10/h6,9H,1-5H2. The molecule has 10 heavy (non-hydrogen) atoms. The van der Waals surface area contributed by atoms with E-state index in [-0.39, 0.29) is 5.91 Å². The van der Waals surface area contributed by atoms with Gasteiger partial charge in [0.15, 0.2) is 6.73 Å². The van der Waals surface area contributed by atoms with Gasteiger partial charge in [-0.2, -0.15) is 0 Å². The van der Waals surface area contributed by atoms with Crippen molar-refractivity contribution in [1.29, 1.82) is 0 Å². The van der Waals surface area contributed by atoms with E-state index in [1.807, 2.05) is 0 Å². The average Bonchev–Trinajstić information content (AvgIpc) is 2.13. The van der Waals surface area contributed by atoms with Gasteiger partial charge in [0.25, 0.3) is 0 Å². The van der Waals surface area contributed by atoms with Crippen molar-refractivity contribution in [3.63, 3.8) is 0 Å². The second-order valence-corrected chi connectivity index (χ2v) is 2.51. The number of hydrogen-bond donors (Lipinski definition) is 1. The molecule has 1 saturated heterocycles. The SMILES string of the molecule is O=C1CCCCCN1[CH]O. The molecule has 1 rings (SSSR count). The first-order chi connectivity index (χ1) is 4.84. The monoisotopic (exact) mass is 142 g/mol. The van der Waals surface area contributed by atoms with Gasteiger partial charge in [0.2, 0.25) is 5.91 Å². The van der Waals surface area contributed by atoms with Crippen LogP contribution in [0.4, 0.5) is 0 Å². The van der Waals surface area contributed by atoms with Crippen LogP contribution < -0.4 is 0 Å². The summed E-state index contributed by atoms with van der Waals surface area (Å²) in [6.45, 7) is 1.56. The number of hydrogen-bond acceptors (Lipinski definition) is 2. The fourth-order valence-electron chi connectivity index (χ4n) is 1.13. The molecule has 3 nitrogen and oxygen atoms in total. The molecule has 57 valence electrons. The van der Waals surface area contributed by atoms with Gasteiger partial charge in [-0.25, -0.2) is 0 Å². The van der Waals surface area contributed by atoms with E-state index in [0.29, 0.717) is 13.0 Å². The average molecular weight is 142 g/mol. The molecule has 3 heteroatoms. The zero-order chi connectivity index (χ0) is 7.40. The van der Waals surface area contributed by atoms with Crippen LogP contribution in [0, 0.1) is 6.73 Å². The summed E-state index contributed by atoms with van der Waals surface area (Å²) in [5.74, 6) is 0.0417. The molecule has 1 N–H and O–H groups in total. The molecular weight excluding hydrogens is 130 g/mol. The fraction of sp³-hybridized carbons (Fsp3) is 0.714. The molecule has 0 aromatic heterocycles. The van der Waals surface area contributed by atoms with Gasteiger partial charge in [-0.05, 0) is 12.8 Å². The number of carbonyl (C=O) groups excluding carboxylic acids is 1. The van der Waals surface area contributed by atoms with Gasteiger partial charge in [-0.3, -0.25) is 4.79 Å². The van der Waals surface area contributed by atoms with Crippen molar-refractivity contribution < 1.29 is 9.90 Å². The fourth-order valence-corrected chi connectivity index (χ4v) is 1.13. The predicted octanol–water partition coefficient (Wildman–Crippen LogP) is 0.881. The highest BCUT2D eigenvalue weighted by Crippen LogP contribution is 2.10. The number of carbonyl (C=O) groups is 1. The first kappa shape index (κ1) is 7.54. The number of rotatable bonds is 1. The summed E-state index contributed by atoms with van der Waals surface area (Å²) in [7, 11) is 0. The van der Waals surface area contributed by atoms with Gasteiger partial charge in [-0.1, -0.05) is 6.42 Å². The van der Waals surface area contributed by atoms with Gasteiger partial charge in [0.1, 0.15) is 0 Å². The minimum Gasteiger partial charge on any atom is -0.369 e. The lowest BCUT2D eigenvalue weighted by Gasteiger charge is -2.14. The second kappa shape index (κ2) is 3.56. The molecule has 1 heterocycles. The van der Waals surface area contributed by atoms with E-state index in [1.54, 1.807) is 0 Å². The molecule has 0 spiro atoms. The van der Waals surface area contributed by atoms with Crippen LogP contribution in [0.15, 0.2) is 0 Å². The number of aliphatic hydroxyl groups is 1. The first-order valence-corrected chi connectivity index (χ1v) is 3.61. The molecule has 0 unspecified atom stereocenters. The Morgan fingerprint density at radius 1 is 1.40 bits per heavy atom. The molecule has 1 aliphatic heterocycles. The lowest BCUT2D eigenvalue weighted by molar-refractivity contribution is -0.131. The van der Waals surface area contributed by atoms with Gasteiger partial charge in [-0.15, -0.1) is 0 Å². The van der Waals surface area contributed by atoms with Crippen LogP contribution in [0.1, 0.15) is 25.7 Å². The summed E-state index contributed by atoms with van der Waals surface area (Å²) in [6.07, 6.45) is 3.64. The van der Waals surface area contributed by atoms with E-state index < -0.39 is 0 Å². The van der Waals surface area contributed by atoms with Crippen molar-refractivity contribution in [1.82, 2.24) is 4.90 Å². The molecule has 1 aliphatic rings. The third-order valence-corrected chi connectivity index (χ3v) is 1.75. The zero-order valence-electron chi connectivity index (χ0n) is 5.92. The molecule has 1 amide bonds. The van der Waals surface area contributed by atoms with E-state index in [2.05, 4.69) is 0 Å². The summed E-state index contributed by atoms with van der Waals surface area (Å²) < 4.78 is 0. The Morgan fingerprint density at radius 2 is 2.20 bits per heavy atom. The van der Waals surface area contributed by atoms with E-state index in [9.17, 15) is 4.79 Å². The molecule has 0 aromatic rings. The highest BCUT2D eigenvalue weighted by atomic mass is 16.3. The topological polar surface area (TPSA) is 40.5 Å². The summed E-state index contributed by atoms with van der Waals surface area (Å²) in [6, 6.07) is 0. The molecule has 0 aromatic carbocycles. The van der Waals surface area contributed by atoms with Gasteiger partial charge in [0.05, 0.1) is 0 Å². The molecule has 0 bridgehead atoms. The number of likely N-dealkylation sites (tertiary alicyclic amines) is 1. The molecule has 1 radical (unpaired) electrons. The highest BCUT2D eigenvalue weighted by Gasteiger charge is 2.14. The second-order valence-electron chi connectivity index (χ2n) is 2.51. The van der Waals surface area contributed by atoms with Crippen molar-refractivity contribution in [3.05, 3.63) is 6.73 Å². The summed E-state index contributed by atoms with van der Waals surface area (Å²) >= 11 is 0. The molecule has 0 aliphatic carbocycles. The number of amides is 1. The Balaban J connectivity index is 2.43. The largest absolute Gasteiger partial charge is 0.369 e. The normalized spacial score (nSPS) is 20.9. The Kier molecular flexibility index (Phi) is 2.68. The Hall–Kier alpha value is -0.570. The van der Waals surface area contributed by atoms with Crippen LogP contribution in [-0.2, 0) is 4.79 Å². The molecule has 1 fully saturated rings. The maximum Gasteiger partial charge on any atom is 0.224 e. The lowest BCUT2D eigenvalue weighted by Crippen LogP contribution is -2.27. The predicted molar refractivity (Wildman–Crippen MR) is 36.4 cm³/mol. The van der Waals surface area contributed by atoms with Gasteiger partial charge >= 0.3 is 0 Å². The Labute approximate surface area is 60.6 Å². The minimum atomic E-state index is 0.0417. The van der Waals surface area contributed by atoms with Crippen LogP contribution in [0.25, 0.3) is 0 Å². The maximum absolute atomic E-state index is 11.0. The molecule has 0 saturated carbocycles.